The highest BCUT2D eigenvalue weighted by atomic mass is 16.4. The highest BCUT2D eigenvalue weighted by Crippen LogP contribution is 2.10. The predicted molar refractivity (Wildman–Crippen MR) is 74.9 cm³/mol. The summed E-state index contributed by atoms with van der Waals surface area (Å²) in [5, 5.41) is 8.95. The van der Waals surface area contributed by atoms with Gasteiger partial charge in [-0.05, 0) is 19.1 Å². The topological polar surface area (TPSA) is 79.2 Å². The first-order valence-corrected chi connectivity index (χ1v) is 6.26. The third-order valence-electron chi connectivity index (χ3n) is 2.97. The molecule has 2 aromatic heterocycles. The normalized spacial score (nSPS) is 10.3. The van der Waals surface area contributed by atoms with Gasteiger partial charge in [-0.15, -0.1) is 0 Å². The number of rotatable bonds is 5. The van der Waals surface area contributed by atoms with Crippen molar-refractivity contribution in [3.05, 3.63) is 47.5 Å². The molecule has 0 aromatic carbocycles. The van der Waals surface area contributed by atoms with Crippen LogP contribution in [-0.4, -0.2) is 39.6 Å². The van der Waals surface area contributed by atoms with Gasteiger partial charge < -0.3 is 10.0 Å². The quantitative estimate of drug-likeness (QED) is 0.889. The summed E-state index contributed by atoms with van der Waals surface area (Å²) in [6, 6.07) is 5.79. The molecule has 0 radical (unpaired) electrons. The first-order chi connectivity index (χ1) is 9.58. The standard InChI is InChI=1S/C14H16N4O2/c1-10-12(13(19)20)9-16-14(17-10)18(2)8-6-11-5-3-4-7-15-11/h3-5,7,9H,6,8H2,1-2H3,(H,19,20). The Bertz CT molecular complexity index is 601. The first kappa shape index (κ1) is 13.9. The molecule has 0 saturated heterocycles. The lowest BCUT2D eigenvalue weighted by Gasteiger charge is -2.17. The van der Waals surface area contributed by atoms with Gasteiger partial charge in [0.15, 0.2) is 0 Å². The SMILES string of the molecule is Cc1nc(N(C)CCc2ccccn2)ncc1C(=O)O. The number of hydrogen-bond acceptors (Lipinski definition) is 5. The van der Waals surface area contributed by atoms with E-state index in [2.05, 4.69) is 15.0 Å². The summed E-state index contributed by atoms with van der Waals surface area (Å²) in [6.45, 7) is 2.38. The van der Waals surface area contributed by atoms with Crippen molar-refractivity contribution >= 4 is 11.9 Å². The van der Waals surface area contributed by atoms with E-state index >= 15 is 0 Å². The second kappa shape index (κ2) is 6.10. The summed E-state index contributed by atoms with van der Waals surface area (Å²) in [4.78, 5) is 25.4. The molecule has 2 aromatic rings. The summed E-state index contributed by atoms with van der Waals surface area (Å²) in [5.41, 5.74) is 1.59. The molecule has 0 amide bonds. The lowest BCUT2D eigenvalue weighted by Crippen LogP contribution is -2.23. The van der Waals surface area contributed by atoms with Crippen LogP contribution in [0.25, 0.3) is 0 Å². The molecule has 104 valence electrons. The monoisotopic (exact) mass is 272 g/mol. The number of pyridine rings is 1. The average molecular weight is 272 g/mol. The van der Waals surface area contributed by atoms with E-state index in [9.17, 15) is 4.79 Å². The smallest absolute Gasteiger partial charge is 0.339 e. The fourth-order valence-electron chi connectivity index (χ4n) is 1.78. The minimum Gasteiger partial charge on any atom is -0.478 e. The van der Waals surface area contributed by atoms with E-state index in [0.29, 0.717) is 18.2 Å². The van der Waals surface area contributed by atoms with Gasteiger partial charge in [0.05, 0.1) is 11.3 Å². The summed E-state index contributed by atoms with van der Waals surface area (Å²) in [7, 11) is 1.87. The van der Waals surface area contributed by atoms with Gasteiger partial charge in [0.25, 0.3) is 0 Å². The summed E-state index contributed by atoms with van der Waals surface area (Å²) >= 11 is 0. The fraction of sp³-hybridized carbons (Fsp3) is 0.286. The predicted octanol–water partition coefficient (Wildman–Crippen LogP) is 1.56. The Kier molecular flexibility index (Phi) is 4.24. The van der Waals surface area contributed by atoms with Crippen molar-refractivity contribution in [2.45, 2.75) is 13.3 Å². The zero-order valence-corrected chi connectivity index (χ0v) is 11.4. The van der Waals surface area contributed by atoms with Gasteiger partial charge in [-0.25, -0.2) is 14.8 Å². The Morgan fingerprint density at radius 1 is 1.35 bits per heavy atom. The lowest BCUT2D eigenvalue weighted by molar-refractivity contribution is 0.0695. The Morgan fingerprint density at radius 3 is 2.75 bits per heavy atom. The summed E-state index contributed by atoms with van der Waals surface area (Å²) < 4.78 is 0. The van der Waals surface area contributed by atoms with E-state index < -0.39 is 5.97 Å². The van der Waals surface area contributed by atoms with Gasteiger partial charge in [-0.1, -0.05) is 6.07 Å². The van der Waals surface area contributed by atoms with Crippen molar-refractivity contribution in [2.24, 2.45) is 0 Å². The minimum atomic E-state index is -1.01. The Balaban J connectivity index is 2.04. The molecule has 0 aliphatic carbocycles. The molecule has 0 bridgehead atoms. The number of nitrogens with zero attached hydrogens (tertiary/aromatic N) is 4. The van der Waals surface area contributed by atoms with Gasteiger partial charge >= 0.3 is 5.97 Å². The summed E-state index contributed by atoms with van der Waals surface area (Å²) in [5.74, 6) is -0.492. The highest BCUT2D eigenvalue weighted by molar-refractivity contribution is 5.88. The van der Waals surface area contributed by atoms with Crippen LogP contribution in [0.1, 0.15) is 21.7 Å². The van der Waals surface area contributed by atoms with Gasteiger partial charge in [-0.2, -0.15) is 0 Å². The van der Waals surface area contributed by atoms with Crippen molar-refractivity contribution in [2.75, 3.05) is 18.5 Å². The Hall–Kier alpha value is -2.50. The molecular formula is C14H16N4O2. The van der Waals surface area contributed by atoms with Crippen molar-refractivity contribution in [1.29, 1.82) is 0 Å². The maximum atomic E-state index is 10.9. The number of aromatic carboxylic acids is 1. The fourth-order valence-corrected chi connectivity index (χ4v) is 1.78. The molecule has 0 aliphatic rings. The molecule has 0 saturated carbocycles. The van der Waals surface area contributed by atoms with E-state index in [4.69, 9.17) is 5.11 Å². The molecule has 1 N–H and O–H groups in total. The molecule has 0 spiro atoms. The number of carboxylic acid groups (broad SMARTS) is 1. The van der Waals surface area contributed by atoms with Gasteiger partial charge in [0.1, 0.15) is 0 Å². The van der Waals surface area contributed by atoms with Crippen LogP contribution in [0.3, 0.4) is 0 Å². The number of likely N-dealkylation sites (N-methyl/N-ethyl adjacent to an activating group) is 1. The lowest BCUT2D eigenvalue weighted by atomic mass is 10.2. The van der Waals surface area contributed by atoms with E-state index in [1.54, 1.807) is 13.1 Å². The largest absolute Gasteiger partial charge is 0.478 e. The van der Waals surface area contributed by atoms with E-state index in [-0.39, 0.29) is 5.56 Å². The molecule has 2 rings (SSSR count). The molecule has 6 nitrogen and oxygen atoms in total. The molecule has 0 unspecified atom stereocenters. The molecule has 2 heterocycles. The average Bonchev–Trinajstić information content (AvgIpc) is 2.45. The maximum absolute atomic E-state index is 10.9. The number of hydrogen-bond donors (Lipinski definition) is 1. The van der Waals surface area contributed by atoms with Crippen molar-refractivity contribution in [1.82, 2.24) is 15.0 Å². The summed E-state index contributed by atoms with van der Waals surface area (Å²) in [6.07, 6.45) is 3.88. The third kappa shape index (κ3) is 3.28. The van der Waals surface area contributed by atoms with Crippen LogP contribution in [0.2, 0.25) is 0 Å². The Labute approximate surface area is 117 Å². The van der Waals surface area contributed by atoms with E-state index in [1.165, 1.54) is 6.20 Å². The van der Waals surface area contributed by atoms with Crippen LogP contribution < -0.4 is 4.90 Å². The van der Waals surface area contributed by atoms with Crippen LogP contribution in [0.5, 0.6) is 0 Å². The molecule has 20 heavy (non-hydrogen) atoms. The maximum Gasteiger partial charge on any atom is 0.339 e. The van der Waals surface area contributed by atoms with E-state index in [1.807, 2.05) is 30.1 Å². The first-order valence-electron chi connectivity index (χ1n) is 6.26. The third-order valence-corrected chi connectivity index (χ3v) is 2.97. The number of aryl methyl sites for hydroxylation is 1. The van der Waals surface area contributed by atoms with Crippen LogP contribution in [-0.2, 0) is 6.42 Å². The van der Waals surface area contributed by atoms with Gasteiger partial charge in [-0.3, -0.25) is 4.98 Å². The molecule has 0 aliphatic heterocycles. The minimum absolute atomic E-state index is 0.131. The van der Waals surface area contributed by atoms with Crippen molar-refractivity contribution in [3.8, 4) is 0 Å². The number of aromatic nitrogens is 3. The molecule has 6 heteroatoms. The zero-order chi connectivity index (χ0) is 14.5. The molecule has 0 atom stereocenters. The Morgan fingerprint density at radius 2 is 2.15 bits per heavy atom. The number of carbonyl (C=O) groups is 1. The van der Waals surface area contributed by atoms with Crippen LogP contribution >= 0.6 is 0 Å². The van der Waals surface area contributed by atoms with Crippen molar-refractivity contribution < 1.29 is 9.90 Å². The molecule has 0 fully saturated rings. The second-order valence-electron chi connectivity index (χ2n) is 4.47. The van der Waals surface area contributed by atoms with Gasteiger partial charge in [0.2, 0.25) is 5.95 Å². The van der Waals surface area contributed by atoms with Crippen LogP contribution in [0.4, 0.5) is 5.95 Å². The second-order valence-corrected chi connectivity index (χ2v) is 4.47. The van der Waals surface area contributed by atoms with Crippen LogP contribution in [0, 0.1) is 6.92 Å². The van der Waals surface area contributed by atoms with E-state index in [0.717, 1.165) is 12.1 Å². The zero-order valence-electron chi connectivity index (χ0n) is 11.4. The highest BCUT2D eigenvalue weighted by Gasteiger charge is 2.12. The van der Waals surface area contributed by atoms with Gasteiger partial charge in [0, 0.05) is 38.1 Å². The van der Waals surface area contributed by atoms with Crippen molar-refractivity contribution in [3.63, 3.8) is 0 Å². The number of anilines is 1. The van der Waals surface area contributed by atoms with Crippen LogP contribution in [0.15, 0.2) is 30.6 Å². The molecular weight excluding hydrogens is 256 g/mol. The number of carboxylic acids is 1.